The van der Waals surface area contributed by atoms with Gasteiger partial charge in [-0.05, 0) is 87.5 Å². The molecular formula is C35H34N2. The van der Waals surface area contributed by atoms with E-state index < -0.39 is 0 Å². The highest BCUT2D eigenvalue weighted by molar-refractivity contribution is 5.76. The number of likely N-dealkylation sites (N-methyl/N-ethyl adjacent to an activating group) is 2. The van der Waals surface area contributed by atoms with Gasteiger partial charge in [-0.15, -0.1) is 0 Å². The third-order valence-electron chi connectivity index (χ3n) is 10.3. The highest BCUT2D eigenvalue weighted by Gasteiger charge is 2.48. The van der Waals surface area contributed by atoms with E-state index in [2.05, 4.69) is 124 Å². The third kappa shape index (κ3) is 2.66. The van der Waals surface area contributed by atoms with Gasteiger partial charge in [0.2, 0.25) is 0 Å². The fourth-order valence-corrected chi connectivity index (χ4v) is 8.60. The first-order valence-electron chi connectivity index (χ1n) is 13.9. The number of rotatable bonds is 1. The van der Waals surface area contributed by atoms with E-state index >= 15 is 0 Å². The molecular weight excluding hydrogens is 448 g/mol. The van der Waals surface area contributed by atoms with E-state index in [1.807, 2.05) is 0 Å². The quantitative estimate of drug-likeness (QED) is 0.268. The molecule has 0 aromatic heterocycles. The molecule has 0 saturated carbocycles. The van der Waals surface area contributed by atoms with Crippen molar-refractivity contribution in [3.05, 3.63) is 118 Å². The lowest BCUT2D eigenvalue weighted by Crippen LogP contribution is -2.19. The number of benzene rings is 4. The van der Waals surface area contributed by atoms with Crippen LogP contribution in [0.15, 0.2) is 78.9 Å². The van der Waals surface area contributed by atoms with Crippen LogP contribution in [-0.2, 0) is 0 Å². The predicted molar refractivity (Wildman–Crippen MR) is 154 cm³/mol. The maximum atomic E-state index is 2.53. The summed E-state index contributed by atoms with van der Waals surface area (Å²) in [5.41, 5.74) is 16.0. The molecule has 0 spiro atoms. The minimum absolute atomic E-state index is 0.427. The van der Waals surface area contributed by atoms with Gasteiger partial charge in [-0.1, -0.05) is 74.0 Å². The van der Waals surface area contributed by atoms with Crippen molar-refractivity contribution in [3.8, 4) is 11.1 Å². The van der Waals surface area contributed by atoms with Crippen molar-refractivity contribution in [2.45, 2.75) is 56.5 Å². The first kappa shape index (κ1) is 21.6. The molecule has 2 nitrogen and oxygen atoms in total. The Balaban J connectivity index is 1.21. The largest absolute Gasteiger partial charge is 0.367 e. The average molecular weight is 483 g/mol. The number of fused-ring (bicyclic) bond motifs is 10. The van der Waals surface area contributed by atoms with Crippen molar-refractivity contribution in [1.82, 2.24) is 0 Å². The zero-order valence-electron chi connectivity index (χ0n) is 22.4. The molecule has 8 rings (SSSR count). The van der Waals surface area contributed by atoms with E-state index in [1.54, 1.807) is 0 Å². The molecule has 4 aliphatic rings. The normalized spacial score (nSPS) is 28.0. The minimum atomic E-state index is 0.427. The van der Waals surface area contributed by atoms with Crippen LogP contribution in [0.25, 0.3) is 11.1 Å². The van der Waals surface area contributed by atoms with Gasteiger partial charge in [0, 0.05) is 37.3 Å². The van der Waals surface area contributed by atoms with Crippen molar-refractivity contribution < 1.29 is 0 Å². The maximum absolute atomic E-state index is 2.53. The standard InChI is InChI=1S/C35H34N2/c1-19-10-14-30-28(16-19)32-21(3)25-13-11-22(17-27(25)35(32)37(30)5)23-12-15-31-29(18-23)33-20(2)24-8-6-7-9-26(24)34(33)36(31)4/h6-18,20-21,32-35H,1-5H3. The summed E-state index contributed by atoms with van der Waals surface area (Å²) in [5, 5.41) is 0. The molecule has 6 atom stereocenters. The van der Waals surface area contributed by atoms with Crippen LogP contribution in [0.5, 0.6) is 0 Å². The molecule has 184 valence electrons. The first-order valence-corrected chi connectivity index (χ1v) is 13.9. The van der Waals surface area contributed by atoms with Crippen molar-refractivity contribution >= 4 is 11.4 Å². The second-order valence-electron chi connectivity index (χ2n) is 12.0. The van der Waals surface area contributed by atoms with E-state index in [1.165, 1.54) is 61.4 Å². The summed E-state index contributed by atoms with van der Waals surface area (Å²) in [6, 6.07) is 31.5. The molecule has 2 aliphatic heterocycles. The molecule has 0 N–H and O–H groups in total. The Kier molecular flexibility index (Phi) is 4.24. The summed E-state index contributed by atoms with van der Waals surface area (Å²) < 4.78 is 0. The van der Waals surface area contributed by atoms with Gasteiger partial charge < -0.3 is 9.80 Å². The zero-order valence-corrected chi connectivity index (χ0v) is 22.4. The van der Waals surface area contributed by atoms with E-state index in [4.69, 9.17) is 0 Å². The number of nitrogens with zero attached hydrogens (tertiary/aromatic N) is 2. The van der Waals surface area contributed by atoms with Gasteiger partial charge >= 0.3 is 0 Å². The fourth-order valence-electron chi connectivity index (χ4n) is 8.60. The van der Waals surface area contributed by atoms with E-state index in [0.717, 1.165) is 0 Å². The topological polar surface area (TPSA) is 6.48 Å². The number of aryl methyl sites for hydroxylation is 1. The second-order valence-corrected chi connectivity index (χ2v) is 12.0. The molecule has 37 heavy (non-hydrogen) atoms. The van der Waals surface area contributed by atoms with Crippen molar-refractivity contribution in [2.24, 2.45) is 0 Å². The zero-order chi connectivity index (χ0) is 25.2. The Morgan fingerprint density at radius 1 is 0.514 bits per heavy atom. The minimum Gasteiger partial charge on any atom is -0.367 e. The molecule has 2 heteroatoms. The van der Waals surface area contributed by atoms with Crippen molar-refractivity contribution in [1.29, 1.82) is 0 Å². The molecule has 2 aliphatic carbocycles. The van der Waals surface area contributed by atoms with Gasteiger partial charge in [0.05, 0.1) is 12.1 Å². The molecule has 2 heterocycles. The fraction of sp³-hybridized carbons (Fsp3) is 0.314. The molecule has 0 saturated heterocycles. The summed E-state index contributed by atoms with van der Waals surface area (Å²) in [6.45, 7) is 7.07. The van der Waals surface area contributed by atoms with Crippen LogP contribution in [0.1, 0.15) is 88.5 Å². The van der Waals surface area contributed by atoms with Crippen LogP contribution >= 0.6 is 0 Å². The Bertz CT molecular complexity index is 1600. The van der Waals surface area contributed by atoms with Gasteiger partial charge in [-0.2, -0.15) is 0 Å². The molecule has 0 radical (unpaired) electrons. The Morgan fingerprint density at radius 3 is 1.73 bits per heavy atom. The maximum Gasteiger partial charge on any atom is 0.0617 e. The number of hydrogen-bond donors (Lipinski definition) is 0. The van der Waals surface area contributed by atoms with E-state index in [-0.39, 0.29) is 0 Å². The highest BCUT2D eigenvalue weighted by atomic mass is 15.2. The molecule has 4 aromatic rings. The van der Waals surface area contributed by atoms with E-state index in [0.29, 0.717) is 35.8 Å². The molecule has 6 unspecified atom stereocenters. The second kappa shape index (κ2) is 7.28. The SMILES string of the molecule is Cc1ccc2c(c1)C1C(C)c3ccc(-c4ccc5c(c4)C4C(C)c6ccccc6C4N5C)cc3C1N2C. The van der Waals surface area contributed by atoms with Crippen LogP contribution in [-0.4, -0.2) is 14.1 Å². The smallest absolute Gasteiger partial charge is 0.0617 e. The van der Waals surface area contributed by atoms with Crippen LogP contribution < -0.4 is 9.80 Å². The van der Waals surface area contributed by atoms with Crippen LogP contribution in [0, 0.1) is 6.92 Å². The van der Waals surface area contributed by atoms with Gasteiger partial charge in [0.1, 0.15) is 0 Å². The lowest BCUT2D eigenvalue weighted by molar-refractivity contribution is 0.553. The van der Waals surface area contributed by atoms with E-state index in [9.17, 15) is 0 Å². The van der Waals surface area contributed by atoms with Crippen molar-refractivity contribution in [2.75, 3.05) is 23.9 Å². The predicted octanol–water partition coefficient (Wildman–Crippen LogP) is 8.45. The summed E-state index contributed by atoms with van der Waals surface area (Å²) in [6.07, 6.45) is 0. The average Bonchev–Trinajstić information content (AvgIpc) is 3.57. The monoisotopic (exact) mass is 482 g/mol. The van der Waals surface area contributed by atoms with Crippen LogP contribution in [0.3, 0.4) is 0 Å². The third-order valence-corrected chi connectivity index (χ3v) is 10.3. The Labute approximate surface area is 220 Å². The summed E-state index contributed by atoms with van der Waals surface area (Å²) in [7, 11) is 4.57. The number of hydrogen-bond acceptors (Lipinski definition) is 2. The molecule has 0 amide bonds. The lowest BCUT2D eigenvalue weighted by atomic mass is 9.86. The van der Waals surface area contributed by atoms with Crippen LogP contribution in [0.2, 0.25) is 0 Å². The Morgan fingerprint density at radius 2 is 1.03 bits per heavy atom. The molecule has 4 aromatic carbocycles. The van der Waals surface area contributed by atoms with Crippen molar-refractivity contribution in [3.63, 3.8) is 0 Å². The summed E-state index contributed by atoms with van der Waals surface area (Å²) >= 11 is 0. The summed E-state index contributed by atoms with van der Waals surface area (Å²) in [4.78, 5) is 5.05. The van der Waals surface area contributed by atoms with Gasteiger partial charge in [-0.25, -0.2) is 0 Å². The molecule has 0 bridgehead atoms. The lowest BCUT2D eigenvalue weighted by Gasteiger charge is -2.24. The van der Waals surface area contributed by atoms with Crippen LogP contribution in [0.4, 0.5) is 11.4 Å². The van der Waals surface area contributed by atoms with Gasteiger partial charge in [-0.3, -0.25) is 0 Å². The first-order chi connectivity index (χ1) is 17.9. The summed E-state index contributed by atoms with van der Waals surface area (Å²) in [5.74, 6) is 2.13. The molecule has 0 fully saturated rings. The Hall–Kier alpha value is -3.52. The van der Waals surface area contributed by atoms with Gasteiger partial charge in [0.25, 0.3) is 0 Å². The number of anilines is 2. The van der Waals surface area contributed by atoms with Gasteiger partial charge in [0.15, 0.2) is 0 Å². The highest BCUT2D eigenvalue weighted by Crippen LogP contribution is 2.62.